The van der Waals surface area contributed by atoms with Crippen molar-refractivity contribution in [3.05, 3.63) is 101 Å². The van der Waals surface area contributed by atoms with E-state index in [2.05, 4.69) is 0 Å². The molecule has 0 fully saturated rings. The maximum absolute atomic E-state index is 13.3. The smallest absolute Gasteiger partial charge is 0.264 e. The van der Waals surface area contributed by atoms with E-state index in [-0.39, 0.29) is 18.0 Å². The largest absolute Gasteiger partial charge is 0.392 e. The molecule has 0 spiro atoms. The van der Waals surface area contributed by atoms with Crippen molar-refractivity contribution in [3.63, 3.8) is 0 Å². The summed E-state index contributed by atoms with van der Waals surface area (Å²) in [6.07, 6.45) is 1.95. The highest BCUT2D eigenvalue weighted by Crippen LogP contribution is 2.38. The van der Waals surface area contributed by atoms with Crippen LogP contribution < -0.4 is 4.31 Å². The van der Waals surface area contributed by atoms with Crippen molar-refractivity contribution in [3.8, 4) is 0 Å². The van der Waals surface area contributed by atoms with Crippen molar-refractivity contribution in [2.24, 2.45) is 0 Å². The number of rotatable bonds is 4. The number of aliphatic hydroxyl groups is 1. The molecule has 0 atom stereocenters. The molecule has 0 bridgehead atoms. The molecule has 4 rings (SSSR count). The van der Waals surface area contributed by atoms with Gasteiger partial charge in [-0.15, -0.1) is 0 Å². The highest BCUT2D eigenvalue weighted by molar-refractivity contribution is 7.92. The Morgan fingerprint density at radius 2 is 1.68 bits per heavy atom. The third-order valence-corrected chi connectivity index (χ3v) is 6.75. The molecule has 0 radical (unpaired) electrons. The fourth-order valence-corrected chi connectivity index (χ4v) is 4.86. The maximum Gasteiger partial charge on any atom is 0.264 e. The SMILES string of the molecule is Cc1ccc(S(=O)(=O)N2CC=C(c3ccccc3)c3ccc(CO)cc32)cc1. The molecule has 0 aromatic heterocycles. The normalized spacial score (nSPS) is 13.8. The number of sulfonamides is 1. The minimum atomic E-state index is -3.72. The minimum absolute atomic E-state index is 0.143. The Kier molecular flexibility index (Phi) is 4.79. The zero-order valence-corrected chi connectivity index (χ0v) is 16.4. The summed E-state index contributed by atoms with van der Waals surface area (Å²) in [4.78, 5) is 0.259. The second kappa shape index (κ2) is 7.26. The summed E-state index contributed by atoms with van der Waals surface area (Å²) >= 11 is 0. The first-order valence-corrected chi connectivity index (χ1v) is 10.5. The molecule has 3 aromatic rings. The van der Waals surface area contributed by atoms with Gasteiger partial charge in [0, 0.05) is 5.56 Å². The third kappa shape index (κ3) is 3.23. The first-order valence-electron chi connectivity index (χ1n) is 9.10. The summed E-state index contributed by atoms with van der Waals surface area (Å²) in [7, 11) is -3.72. The number of aryl methyl sites for hydroxylation is 1. The molecule has 1 heterocycles. The van der Waals surface area contributed by atoms with Gasteiger partial charge in [-0.2, -0.15) is 0 Å². The maximum atomic E-state index is 13.3. The van der Waals surface area contributed by atoms with Crippen molar-refractivity contribution in [2.45, 2.75) is 18.4 Å². The molecule has 142 valence electrons. The summed E-state index contributed by atoms with van der Waals surface area (Å²) in [6, 6.07) is 22.3. The number of benzene rings is 3. The molecule has 28 heavy (non-hydrogen) atoms. The molecule has 5 heteroatoms. The average molecular weight is 391 g/mol. The Bertz CT molecular complexity index is 1130. The molecule has 0 saturated carbocycles. The quantitative estimate of drug-likeness (QED) is 0.728. The molecule has 1 N–H and O–H groups in total. The van der Waals surface area contributed by atoms with Gasteiger partial charge >= 0.3 is 0 Å². The number of hydrogen-bond acceptors (Lipinski definition) is 3. The van der Waals surface area contributed by atoms with Crippen molar-refractivity contribution < 1.29 is 13.5 Å². The first kappa shape index (κ1) is 18.5. The molecule has 0 aliphatic carbocycles. The Morgan fingerprint density at radius 1 is 0.964 bits per heavy atom. The lowest BCUT2D eigenvalue weighted by molar-refractivity contribution is 0.282. The van der Waals surface area contributed by atoms with E-state index in [0.29, 0.717) is 11.3 Å². The number of hydrogen-bond donors (Lipinski definition) is 1. The molecular weight excluding hydrogens is 370 g/mol. The average Bonchev–Trinajstić information content (AvgIpc) is 2.73. The van der Waals surface area contributed by atoms with Gasteiger partial charge in [0.2, 0.25) is 0 Å². The monoisotopic (exact) mass is 391 g/mol. The van der Waals surface area contributed by atoms with Gasteiger partial charge in [0.1, 0.15) is 0 Å². The van der Waals surface area contributed by atoms with Gasteiger partial charge in [0.15, 0.2) is 0 Å². The van der Waals surface area contributed by atoms with Crippen molar-refractivity contribution >= 4 is 21.3 Å². The van der Waals surface area contributed by atoms with Gasteiger partial charge in [0.05, 0.1) is 23.7 Å². The fourth-order valence-electron chi connectivity index (χ4n) is 3.45. The van der Waals surface area contributed by atoms with Crippen LogP contribution in [0.1, 0.15) is 22.3 Å². The van der Waals surface area contributed by atoms with Crippen LogP contribution in [0.4, 0.5) is 5.69 Å². The van der Waals surface area contributed by atoms with Crippen LogP contribution in [0.2, 0.25) is 0 Å². The summed E-state index contributed by atoms with van der Waals surface area (Å²) < 4.78 is 28.1. The molecule has 1 aliphatic rings. The van der Waals surface area contributed by atoms with Crippen LogP contribution >= 0.6 is 0 Å². The second-order valence-electron chi connectivity index (χ2n) is 6.84. The highest BCUT2D eigenvalue weighted by Gasteiger charge is 2.30. The molecule has 1 aliphatic heterocycles. The lowest BCUT2D eigenvalue weighted by atomic mass is 9.93. The lowest BCUT2D eigenvalue weighted by Crippen LogP contribution is -2.34. The van der Waals surface area contributed by atoms with Crippen molar-refractivity contribution in [1.29, 1.82) is 0 Å². The van der Waals surface area contributed by atoms with Crippen LogP contribution in [0, 0.1) is 6.92 Å². The number of fused-ring (bicyclic) bond motifs is 1. The Labute approximate surface area is 165 Å². The van der Waals surface area contributed by atoms with E-state index in [1.54, 1.807) is 30.3 Å². The van der Waals surface area contributed by atoms with Crippen LogP contribution in [0.5, 0.6) is 0 Å². The summed E-state index contributed by atoms with van der Waals surface area (Å²) in [6.45, 7) is 2.02. The van der Waals surface area contributed by atoms with Gasteiger partial charge in [-0.05, 0) is 41.8 Å². The summed E-state index contributed by atoms with van der Waals surface area (Å²) in [5.74, 6) is 0. The minimum Gasteiger partial charge on any atom is -0.392 e. The van der Waals surface area contributed by atoms with Crippen LogP contribution in [-0.2, 0) is 16.6 Å². The standard InChI is InChI=1S/C23H21NO3S/c1-17-7-10-20(11-8-17)28(26,27)24-14-13-21(19-5-3-2-4-6-19)22-12-9-18(16-25)15-23(22)24/h2-13,15,25H,14,16H2,1H3. The van der Waals surface area contributed by atoms with E-state index in [4.69, 9.17) is 0 Å². The second-order valence-corrected chi connectivity index (χ2v) is 8.70. The van der Waals surface area contributed by atoms with E-state index in [1.807, 2.05) is 55.5 Å². The van der Waals surface area contributed by atoms with E-state index < -0.39 is 10.0 Å². The molecule has 0 unspecified atom stereocenters. The van der Waals surface area contributed by atoms with Gasteiger partial charge in [-0.25, -0.2) is 8.42 Å². The first-order chi connectivity index (χ1) is 13.5. The molecular formula is C23H21NO3S. The van der Waals surface area contributed by atoms with Gasteiger partial charge < -0.3 is 5.11 Å². The molecule has 4 nitrogen and oxygen atoms in total. The zero-order valence-electron chi connectivity index (χ0n) is 15.5. The van der Waals surface area contributed by atoms with Crippen molar-refractivity contribution in [2.75, 3.05) is 10.8 Å². The summed E-state index contributed by atoms with van der Waals surface area (Å²) in [5, 5.41) is 9.58. The molecule has 0 saturated heterocycles. The number of aliphatic hydroxyl groups excluding tert-OH is 1. The van der Waals surface area contributed by atoms with E-state index in [0.717, 1.165) is 22.3 Å². The van der Waals surface area contributed by atoms with Crippen LogP contribution in [0.3, 0.4) is 0 Å². The van der Waals surface area contributed by atoms with E-state index >= 15 is 0 Å². The molecule has 3 aromatic carbocycles. The topological polar surface area (TPSA) is 57.6 Å². The zero-order chi connectivity index (χ0) is 19.7. The summed E-state index contributed by atoms with van der Waals surface area (Å²) in [5.41, 5.74) is 5.14. The van der Waals surface area contributed by atoms with E-state index in [1.165, 1.54) is 4.31 Å². The van der Waals surface area contributed by atoms with Gasteiger partial charge in [-0.1, -0.05) is 66.2 Å². The van der Waals surface area contributed by atoms with Crippen LogP contribution in [0.25, 0.3) is 5.57 Å². The third-order valence-electron chi connectivity index (χ3n) is 4.96. The fraction of sp³-hybridized carbons (Fsp3) is 0.130. The van der Waals surface area contributed by atoms with Crippen molar-refractivity contribution in [1.82, 2.24) is 0 Å². The molecule has 0 amide bonds. The highest BCUT2D eigenvalue weighted by atomic mass is 32.2. The predicted molar refractivity (Wildman–Crippen MR) is 112 cm³/mol. The van der Waals surface area contributed by atoms with Crippen LogP contribution in [0.15, 0.2) is 83.8 Å². The number of nitrogens with zero attached hydrogens (tertiary/aromatic N) is 1. The van der Waals surface area contributed by atoms with Crippen LogP contribution in [-0.4, -0.2) is 20.1 Å². The Balaban J connectivity index is 1.86. The van der Waals surface area contributed by atoms with Gasteiger partial charge in [0.25, 0.3) is 10.0 Å². The predicted octanol–water partition coefficient (Wildman–Crippen LogP) is 4.13. The van der Waals surface area contributed by atoms with Gasteiger partial charge in [-0.3, -0.25) is 4.31 Å². The number of anilines is 1. The van der Waals surface area contributed by atoms with E-state index in [9.17, 15) is 13.5 Å². The Morgan fingerprint density at radius 3 is 2.36 bits per heavy atom. The Hall–Kier alpha value is -2.89. The lowest BCUT2D eigenvalue weighted by Gasteiger charge is -2.31.